The maximum Gasteiger partial charge on any atom is 0.322 e. The summed E-state index contributed by atoms with van der Waals surface area (Å²) in [5, 5.41) is 20.8. The van der Waals surface area contributed by atoms with Crippen LogP contribution in [-0.2, 0) is 0 Å². The van der Waals surface area contributed by atoms with E-state index < -0.39 is 10.8 Å². The van der Waals surface area contributed by atoms with Gasteiger partial charge in [0.05, 0.1) is 4.92 Å². The van der Waals surface area contributed by atoms with Gasteiger partial charge in [0.1, 0.15) is 0 Å². The molecule has 24 heavy (non-hydrogen) atoms. The molecule has 0 atom stereocenters. The SMILES string of the molecule is O=C(Nc1nnc(-c2ccc(Br)cc2)o1)c1cccc([N+](=O)[O-])c1. The third kappa shape index (κ3) is 3.46. The van der Waals surface area contributed by atoms with Crippen molar-refractivity contribution in [1.29, 1.82) is 0 Å². The summed E-state index contributed by atoms with van der Waals surface area (Å²) in [4.78, 5) is 22.3. The molecule has 1 heterocycles. The Balaban J connectivity index is 1.77. The number of benzene rings is 2. The number of anilines is 1. The Bertz CT molecular complexity index is 908. The van der Waals surface area contributed by atoms with Gasteiger partial charge in [0.15, 0.2) is 0 Å². The summed E-state index contributed by atoms with van der Waals surface area (Å²) in [7, 11) is 0. The number of hydrogen-bond acceptors (Lipinski definition) is 6. The Kier molecular flexibility index (Phi) is 4.34. The summed E-state index contributed by atoms with van der Waals surface area (Å²) < 4.78 is 6.28. The van der Waals surface area contributed by atoms with Crippen LogP contribution in [-0.4, -0.2) is 21.0 Å². The molecule has 8 nitrogen and oxygen atoms in total. The van der Waals surface area contributed by atoms with E-state index in [-0.39, 0.29) is 23.2 Å². The molecule has 0 aliphatic rings. The lowest BCUT2D eigenvalue weighted by Crippen LogP contribution is -2.12. The molecule has 3 aromatic rings. The molecule has 1 N–H and O–H groups in total. The number of nitrogens with one attached hydrogen (secondary N) is 1. The summed E-state index contributed by atoms with van der Waals surface area (Å²) in [6.07, 6.45) is 0. The van der Waals surface area contributed by atoms with Crippen molar-refractivity contribution in [1.82, 2.24) is 10.2 Å². The van der Waals surface area contributed by atoms with E-state index in [4.69, 9.17) is 4.42 Å². The Morgan fingerprint density at radius 2 is 1.92 bits per heavy atom. The highest BCUT2D eigenvalue weighted by atomic mass is 79.9. The molecule has 120 valence electrons. The number of nitrogens with zero attached hydrogens (tertiary/aromatic N) is 3. The molecule has 0 saturated heterocycles. The quantitative estimate of drug-likeness (QED) is 0.539. The second kappa shape index (κ2) is 6.59. The van der Waals surface area contributed by atoms with E-state index in [9.17, 15) is 14.9 Å². The zero-order valence-electron chi connectivity index (χ0n) is 12.0. The van der Waals surface area contributed by atoms with E-state index in [0.717, 1.165) is 4.47 Å². The van der Waals surface area contributed by atoms with Crippen LogP contribution in [0, 0.1) is 10.1 Å². The van der Waals surface area contributed by atoms with Crippen LogP contribution in [0.1, 0.15) is 10.4 Å². The smallest absolute Gasteiger partial charge is 0.322 e. The molecule has 0 spiro atoms. The summed E-state index contributed by atoms with van der Waals surface area (Å²) >= 11 is 3.33. The number of halogens is 1. The molecular formula is C15H9BrN4O4. The Morgan fingerprint density at radius 1 is 1.17 bits per heavy atom. The molecule has 2 aromatic carbocycles. The predicted molar refractivity (Wildman–Crippen MR) is 88.5 cm³/mol. The van der Waals surface area contributed by atoms with Gasteiger partial charge in [-0.1, -0.05) is 27.1 Å². The minimum atomic E-state index is -0.579. The Morgan fingerprint density at radius 3 is 2.62 bits per heavy atom. The second-order valence-corrected chi connectivity index (χ2v) is 5.60. The summed E-state index contributed by atoms with van der Waals surface area (Å²) in [5.74, 6) is -0.332. The van der Waals surface area contributed by atoms with Gasteiger partial charge < -0.3 is 4.42 Å². The van der Waals surface area contributed by atoms with Crippen LogP contribution in [0.5, 0.6) is 0 Å². The molecule has 9 heteroatoms. The first-order chi connectivity index (χ1) is 11.5. The van der Waals surface area contributed by atoms with Gasteiger partial charge in [-0.05, 0) is 30.3 Å². The maximum absolute atomic E-state index is 12.1. The van der Waals surface area contributed by atoms with Crippen LogP contribution in [0.25, 0.3) is 11.5 Å². The summed E-state index contributed by atoms with van der Waals surface area (Å²) in [6, 6.07) is 12.5. The molecule has 1 aromatic heterocycles. The van der Waals surface area contributed by atoms with Crippen molar-refractivity contribution in [2.75, 3.05) is 5.32 Å². The molecule has 0 unspecified atom stereocenters. The summed E-state index contributed by atoms with van der Waals surface area (Å²) in [5.41, 5.74) is 0.637. The molecule has 0 radical (unpaired) electrons. The predicted octanol–water partition coefficient (Wildman–Crippen LogP) is 3.66. The van der Waals surface area contributed by atoms with Gasteiger partial charge in [0, 0.05) is 27.7 Å². The van der Waals surface area contributed by atoms with Crippen molar-refractivity contribution in [2.24, 2.45) is 0 Å². The normalized spacial score (nSPS) is 10.4. The molecule has 1 amide bonds. The number of aromatic nitrogens is 2. The zero-order valence-corrected chi connectivity index (χ0v) is 13.6. The van der Waals surface area contributed by atoms with Crippen LogP contribution in [0.2, 0.25) is 0 Å². The average Bonchev–Trinajstić information content (AvgIpc) is 3.04. The Hall–Kier alpha value is -3.07. The van der Waals surface area contributed by atoms with E-state index in [1.807, 2.05) is 12.1 Å². The monoisotopic (exact) mass is 388 g/mol. The lowest BCUT2D eigenvalue weighted by Gasteiger charge is -2.00. The van der Waals surface area contributed by atoms with Gasteiger partial charge in [-0.3, -0.25) is 20.2 Å². The molecule has 0 fully saturated rings. The topological polar surface area (TPSA) is 111 Å². The molecule has 0 aliphatic carbocycles. The van der Waals surface area contributed by atoms with Crippen LogP contribution in [0.15, 0.2) is 57.4 Å². The van der Waals surface area contributed by atoms with Gasteiger partial charge in [-0.15, -0.1) is 5.10 Å². The minimum absolute atomic E-state index is 0.0931. The van der Waals surface area contributed by atoms with Crippen LogP contribution in [0.4, 0.5) is 11.7 Å². The second-order valence-electron chi connectivity index (χ2n) is 4.68. The zero-order chi connectivity index (χ0) is 17.1. The van der Waals surface area contributed by atoms with Gasteiger partial charge >= 0.3 is 6.01 Å². The molecular weight excluding hydrogens is 380 g/mol. The van der Waals surface area contributed by atoms with Crippen molar-refractivity contribution >= 4 is 33.5 Å². The van der Waals surface area contributed by atoms with E-state index in [2.05, 4.69) is 31.4 Å². The number of rotatable bonds is 4. The van der Waals surface area contributed by atoms with Gasteiger partial charge in [0.25, 0.3) is 11.6 Å². The van der Waals surface area contributed by atoms with Crippen molar-refractivity contribution in [3.8, 4) is 11.5 Å². The first kappa shape index (κ1) is 15.8. The van der Waals surface area contributed by atoms with Crippen molar-refractivity contribution in [3.05, 3.63) is 68.7 Å². The third-order valence-corrected chi connectivity index (χ3v) is 3.58. The first-order valence-corrected chi connectivity index (χ1v) is 7.47. The van der Waals surface area contributed by atoms with Crippen LogP contribution >= 0.6 is 15.9 Å². The standard InChI is InChI=1S/C15H9BrN4O4/c16-11-6-4-9(5-7-11)14-18-19-15(24-14)17-13(21)10-2-1-3-12(8-10)20(22)23/h1-8H,(H,17,19,21). The average molecular weight is 389 g/mol. The fourth-order valence-corrected chi connectivity index (χ4v) is 2.18. The molecule has 0 saturated carbocycles. The third-order valence-electron chi connectivity index (χ3n) is 3.06. The molecule has 3 rings (SSSR count). The highest BCUT2D eigenvalue weighted by molar-refractivity contribution is 9.10. The number of hydrogen-bond donors (Lipinski definition) is 1. The molecule has 0 aliphatic heterocycles. The van der Waals surface area contributed by atoms with Crippen LogP contribution in [0.3, 0.4) is 0 Å². The number of carbonyl (C=O) groups is 1. The fraction of sp³-hybridized carbons (Fsp3) is 0. The number of nitro benzene ring substituents is 1. The number of nitro groups is 1. The maximum atomic E-state index is 12.1. The van der Waals surface area contributed by atoms with E-state index in [1.54, 1.807) is 12.1 Å². The first-order valence-electron chi connectivity index (χ1n) is 6.68. The van der Waals surface area contributed by atoms with E-state index in [1.165, 1.54) is 24.3 Å². The van der Waals surface area contributed by atoms with E-state index in [0.29, 0.717) is 5.56 Å². The van der Waals surface area contributed by atoms with Gasteiger partial charge in [-0.2, -0.15) is 0 Å². The van der Waals surface area contributed by atoms with Crippen molar-refractivity contribution in [3.63, 3.8) is 0 Å². The lowest BCUT2D eigenvalue weighted by molar-refractivity contribution is -0.384. The highest BCUT2D eigenvalue weighted by Crippen LogP contribution is 2.22. The number of non-ortho nitro benzene ring substituents is 1. The number of carbonyl (C=O) groups excluding carboxylic acids is 1. The van der Waals surface area contributed by atoms with Crippen molar-refractivity contribution < 1.29 is 14.1 Å². The largest absolute Gasteiger partial charge is 0.403 e. The summed E-state index contributed by atoms with van der Waals surface area (Å²) in [6.45, 7) is 0. The van der Waals surface area contributed by atoms with Gasteiger partial charge in [0.2, 0.25) is 5.89 Å². The number of amides is 1. The van der Waals surface area contributed by atoms with Gasteiger partial charge in [-0.25, -0.2) is 0 Å². The van der Waals surface area contributed by atoms with E-state index >= 15 is 0 Å². The lowest BCUT2D eigenvalue weighted by atomic mass is 10.2. The Labute approximate surface area is 143 Å². The van der Waals surface area contributed by atoms with Crippen LogP contribution < -0.4 is 5.32 Å². The fourth-order valence-electron chi connectivity index (χ4n) is 1.91. The minimum Gasteiger partial charge on any atom is -0.403 e. The molecule has 0 bridgehead atoms. The van der Waals surface area contributed by atoms with Crippen molar-refractivity contribution in [2.45, 2.75) is 0 Å². The highest BCUT2D eigenvalue weighted by Gasteiger charge is 2.15.